The molecule has 0 radical (unpaired) electrons. The quantitative estimate of drug-likeness (QED) is 0.600. The van der Waals surface area contributed by atoms with E-state index in [9.17, 15) is 4.79 Å². The van der Waals surface area contributed by atoms with Crippen LogP contribution in [0.2, 0.25) is 0 Å². The number of rotatable bonds is 2. The van der Waals surface area contributed by atoms with Crippen molar-refractivity contribution >= 4 is 5.97 Å². The van der Waals surface area contributed by atoms with Crippen molar-refractivity contribution in [3.8, 4) is 6.07 Å². The van der Waals surface area contributed by atoms with E-state index in [0.29, 0.717) is 0 Å². The predicted octanol–water partition coefficient (Wildman–Crippen LogP) is 0.372. The molecule has 0 aliphatic rings. The van der Waals surface area contributed by atoms with Gasteiger partial charge in [-0.3, -0.25) is 4.79 Å². The predicted molar refractivity (Wildman–Crippen MR) is 22.5 cm³/mol. The number of carbonyl (C=O) groups is 1. The van der Waals surface area contributed by atoms with Crippen LogP contribution in [0.5, 0.6) is 0 Å². The molecule has 4 heteroatoms. The molecule has 3 nitrogen and oxygen atoms in total. The minimum atomic E-state index is -0.915. The molecule has 0 unspecified atom stereocenters. The minimum absolute atomic E-state index is 0. The average Bonchev–Trinajstić information content (AvgIpc) is 1.61. The summed E-state index contributed by atoms with van der Waals surface area (Å²) in [5.74, 6) is -0.915. The van der Waals surface area contributed by atoms with Crippen molar-refractivity contribution in [3.63, 3.8) is 0 Å². The first-order chi connectivity index (χ1) is 3.27. The van der Waals surface area contributed by atoms with Gasteiger partial charge in [-0.05, 0) is 0 Å². The molecule has 0 aromatic carbocycles. The molecule has 0 saturated heterocycles. The number of aliphatic carboxylic acids is 1. The molecular weight excluding hydrogens is 159 g/mol. The van der Waals surface area contributed by atoms with Crippen molar-refractivity contribution < 1.29 is 29.4 Å². The maximum atomic E-state index is 9.61. The maximum absolute atomic E-state index is 9.61. The molecule has 0 aliphatic heterocycles. The Hall–Kier alpha value is -0.417. The van der Waals surface area contributed by atoms with Gasteiger partial charge in [0, 0.05) is 25.9 Å². The van der Waals surface area contributed by atoms with Gasteiger partial charge in [0.25, 0.3) is 0 Å². The minimum Gasteiger partial charge on any atom is -0.481 e. The fraction of sp³-hybridized carbons (Fsp3) is 0.500. The van der Waals surface area contributed by atoms with E-state index in [4.69, 9.17) is 10.4 Å². The molecule has 0 amide bonds. The number of hydrogen-bond acceptors (Lipinski definition) is 2. The van der Waals surface area contributed by atoms with Crippen molar-refractivity contribution in [1.29, 1.82) is 5.26 Å². The van der Waals surface area contributed by atoms with Crippen molar-refractivity contribution in [2.75, 3.05) is 0 Å². The SMILES string of the molecule is N#CCCC(=O)O.[Zn]. The van der Waals surface area contributed by atoms with Crippen LogP contribution in [0.3, 0.4) is 0 Å². The summed E-state index contributed by atoms with van der Waals surface area (Å²) >= 11 is 0. The van der Waals surface area contributed by atoms with Gasteiger partial charge in [0.05, 0.1) is 12.5 Å². The Balaban J connectivity index is 0. The number of carboxylic acids is 1. The zero-order valence-corrected chi connectivity index (χ0v) is 7.39. The van der Waals surface area contributed by atoms with Gasteiger partial charge in [-0.2, -0.15) is 5.26 Å². The molecule has 0 atom stereocenters. The van der Waals surface area contributed by atoms with Gasteiger partial charge in [-0.25, -0.2) is 0 Å². The number of nitrogens with zero attached hydrogens (tertiary/aromatic N) is 1. The zero-order valence-electron chi connectivity index (χ0n) is 4.42. The van der Waals surface area contributed by atoms with E-state index < -0.39 is 5.97 Å². The van der Waals surface area contributed by atoms with Crippen molar-refractivity contribution in [2.45, 2.75) is 12.8 Å². The van der Waals surface area contributed by atoms with E-state index in [1.807, 2.05) is 0 Å². The third-order valence-corrected chi connectivity index (χ3v) is 0.451. The summed E-state index contributed by atoms with van der Waals surface area (Å²) in [4.78, 5) is 9.61. The van der Waals surface area contributed by atoms with Crippen LogP contribution in [-0.4, -0.2) is 11.1 Å². The Labute approximate surface area is 60.1 Å². The van der Waals surface area contributed by atoms with Gasteiger partial charge in [-0.1, -0.05) is 0 Å². The fourth-order valence-electron chi connectivity index (χ4n) is 0.163. The fourth-order valence-corrected chi connectivity index (χ4v) is 0.163. The molecule has 0 fully saturated rings. The van der Waals surface area contributed by atoms with E-state index in [1.165, 1.54) is 0 Å². The summed E-state index contributed by atoms with van der Waals surface area (Å²) in [5.41, 5.74) is 0. The van der Waals surface area contributed by atoms with Gasteiger partial charge in [-0.15, -0.1) is 0 Å². The smallest absolute Gasteiger partial charge is 0.304 e. The van der Waals surface area contributed by atoms with Crippen LogP contribution in [0.4, 0.5) is 0 Å². The summed E-state index contributed by atoms with van der Waals surface area (Å²) < 4.78 is 0. The number of carboxylic acid groups (broad SMARTS) is 1. The average molecular weight is 164 g/mol. The Morgan fingerprint density at radius 1 is 1.75 bits per heavy atom. The van der Waals surface area contributed by atoms with Crippen LogP contribution in [-0.2, 0) is 24.3 Å². The molecule has 0 bridgehead atoms. The number of nitriles is 1. The molecule has 0 saturated carbocycles. The van der Waals surface area contributed by atoms with Gasteiger partial charge >= 0.3 is 5.97 Å². The number of hydrogen-bond donors (Lipinski definition) is 1. The topological polar surface area (TPSA) is 61.1 Å². The molecule has 8 heavy (non-hydrogen) atoms. The Bertz CT molecular complexity index is 107. The molecular formula is C4H5NO2Zn. The Kier molecular flexibility index (Phi) is 8.68. The third-order valence-electron chi connectivity index (χ3n) is 0.451. The zero-order chi connectivity index (χ0) is 5.70. The van der Waals surface area contributed by atoms with E-state index in [1.54, 1.807) is 6.07 Å². The summed E-state index contributed by atoms with van der Waals surface area (Å²) in [5, 5.41) is 15.7. The Morgan fingerprint density at radius 3 is 2.38 bits per heavy atom. The first kappa shape index (κ1) is 10.5. The normalized spacial score (nSPS) is 6.38. The van der Waals surface area contributed by atoms with Gasteiger partial charge < -0.3 is 5.11 Å². The second-order valence-corrected chi connectivity index (χ2v) is 1.05. The maximum Gasteiger partial charge on any atom is 0.304 e. The van der Waals surface area contributed by atoms with E-state index in [0.717, 1.165) is 0 Å². The molecule has 0 rings (SSSR count). The monoisotopic (exact) mass is 163 g/mol. The summed E-state index contributed by atoms with van der Waals surface area (Å²) in [7, 11) is 0. The Morgan fingerprint density at radius 2 is 2.25 bits per heavy atom. The van der Waals surface area contributed by atoms with Crippen LogP contribution < -0.4 is 0 Å². The van der Waals surface area contributed by atoms with Gasteiger partial charge in [0.1, 0.15) is 0 Å². The molecule has 0 aromatic rings. The van der Waals surface area contributed by atoms with Crippen LogP contribution in [0.15, 0.2) is 0 Å². The van der Waals surface area contributed by atoms with Crippen LogP contribution >= 0.6 is 0 Å². The van der Waals surface area contributed by atoms with Crippen LogP contribution in [0, 0.1) is 11.3 Å². The molecule has 0 aromatic heterocycles. The molecule has 0 heterocycles. The summed E-state index contributed by atoms with van der Waals surface area (Å²) in [6.07, 6.45) is 0.0613. The van der Waals surface area contributed by atoms with Crippen LogP contribution in [0.25, 0.3) is 0 Å². The molecule has 1 N–H and O–H groups in total. The van der Waals surface area contributed by atoms with Crippen molar-refractivity contribution in [2.24, 2.45) is 0 Å². The van der Waals surface area contributed by atoms with Crippen LogP contribution in [0.1, 0.15) is 12.8 Å². The largest absolute Gasteiger partial charge is 0.481 e. The van der Waals surface area contributed by atoms with Crippen molar-refractivity contribution in [3.05, 3.63) is 0 Å². The molecule has 0 spiro atoms. The van der Waals surface area contributed by atoms with Gasteiger partial charge in [0.15, 0.2) is 0 Å². The van der Waals surface area contributed by atoms with Crippen molar-refractivity contribution in [1.82, 2.24) is 0 Å². The summed E-state index contributed by atoms with van der Waals surface area (Å²) in [6.45, 7) is 0. The second kappa shape index (κ2) is 6.58. The third kappa shape index (κ3) is 9.13. The second-order valence-electron chi connectivity index (χ2n) is 1.05. The van der Waals surface area contributed by atoms with E-state index >= 15 is 0 Å². The van der Waals surface area contributed by atoms with E-state index in [-0.39, 0.29) is 32.3 Å². The first-order valence-electron chi connectivity index (χ1n) is 1.86. The molecule has 0 aliphatic carbocycles. The standard InChI is InChI=1S/C4H5NO2.Zn/c5-3-1-2-4(6)7;/h1-2H2,(H,6,7);. The van der Waals surface area contributed by atoms with Gasteiger partial charge in [0.2, 0.25) is 0 Å². The summed E-state index contributed by atoms with van der Waals surface area (Å²) in [6, 6.07) is 1.72. The molecule has 40 valence electrons. The first-order valence-corrected chi connectivity index (χ1v) is 1.86. The van der Waals surface area contributed by atoms with E-state index in [2.05, 4.69) is 0 Å².